The highest BCUT2D eigenvalue weighted by atomic mass is 16.5. The van der Waals surface area contributed by atoms with Crippen molar-refractivity contribution in [2.75, 3.05) is 26.2 Å². The Balaban J connectivity index is 1.94. The molecular formula is C23H37NO2. The van der Waals surface area contributed by atoms with Gasteiger partial charge in [0.1, 0.15) is 6.61 Å². The quantitative estimate of drug-likeness (QED) is 0.500. The molecule has 0 bridgehead atoms. The Morgan fingerprint density at radius 3 is 2.15 bits per heavy atom. The minimum atomic E-state index is -0.419. The molecule has 1 fully saturated rings. The highest BCUT2D eigenvalue weighted by molar-refractivity contribution is 5.83. The van der Waals surface area contributed by atoms with E-state index < -0.39 is 5.41 Å². The molecule has 1 aliphatic carbocycles. The van der Waals surface area contributed by atoms with Gasteiger partial charge in [0.25, 0.3) is 0 Å². The highest BCUT2D eigenvalue weighted by Gasteiger charge is 2.42. The number of benzene rings is 1. The van der Waals surface area contributed by atoms with Crippen LogP contribution in [0.2, 0.25) is 0 Å². The zero-order valence-corrected chi connectivity index (χ0v) is 16.8. The number of ether oxygens (including phenoxy) is 1. The van der Waals surface area contributed by atoms with E-state index in [1.165, 1.54) is 32.1 Å². The van der Waals surface area contributed by atoms with Gasteiger partial charge in [0.15, 0.2) is 0 Å². The first kappa shape index (κ1) is 21.0. The molecule has 0 spiro atoms. The van der Waals surface area contributed by atoms with Crippen molar-refractivity contribution in [2.24, 2.45) is 0 Å². The molecular weight excluding hydrogens is 322 g/mol. The molecule has 0 aromatic heterocycles. The standard InChI is InChI=1S/C23H37NO2/c1-3-5-17-24(18-6-4-2)19-20-26-22(25)23(15-11-8-12-16-23)21-13-9-7-10-14-21/h7,9-10,13-14H,3-6,8,11-12,15-20H2,1-2H3. The van der Waals surface area contributed by atoms with E-state index in [-0.39, 0.29) is 5.97 Å². The lowest BCUT2D eigenvalue weighted by atomic mass is 9.69. The molecule has 0 radical (unpaired) electrons. The maximum Gasteiger partial charge on any atom is 0.316 e. The Labute approximate surface area is 160 Å². The van der Waals surface area contributed by atoms with Crippen LogP contribution in [0.4, 0.5) is 0 Å². The minimum Gasteiger partial charge on any atom is -0.464 e. The molecule has 1 saturated carbocycles. The van der Waals surface area contributed by atoms with Crippen molar-refractivity contribution in [3.05, 3.63) is 35.9 Å². The van der Waals surface area contributed by atoms with Crippen LogP contribution in [-0.4, -0.2) is 37.1 Å². The Morgan fingerprint density at radius 2 is 1.58 bits per heavy atom. The predicted octanol–water partition coefficient (Wildman–Crippen LogP) is 5.33. The van der Waals surface area contributed by atoms with Gasteiger partial charge in [0, 0.05) is 6.54 Å². The summed E-state index contributed by atoms with van der Waals surface area (Å²) in [4.78, 5) is 15.5. The zero-order chi connectivity index (χ0) is 18.7. The van der Waals surface area contributed by atoms with Crippen molar-refractivity contribution in [3.63, 3.8) is 0 Å². The molecule has 0 heterocycles. The van der Waals surface area contributed by atoms with Crippen molar-refractivity contribution >= 4 is 5.97 Å². The molecule has 1 aliphatic rings. The lowest BCUT2D eigenvalue weighted by molar-refractivity contribution is -0.152. The van der Waals surface area contributed by atoms with Crippen molar-refractivity contribution in [2.45, 2.75) is 77.0 Å². The van der Waals surface area contributed by atoms with Crippen molar-refractivity contribution in [1.29, 1.82) is 0 Å². The van der Waals surface area contributed by atoms with Gasteiger partial charge in [-0.25, -0.2) is 0 Å². The summed E-state index contributed by atoms with van der Waals surface area (Å²) >= 11 is 0. The zero-order valence-electron chi connectivity index (χ0n) is 16.8. The highest BCUT2D eigenvalue weighted by Crippen LogP contribution is 2.40. The summed E-state index contributed by atoms with van der Waals surface area (Å²) < 4.78 is 5.85. The molecule has 0 aliphatic heterocycles. The van der Waals surface area contributed by atoms with Crippen LogP contribution in [-0.2, 0) is 14.9 Å². The second-order valence-corrected chi connectivity index (χ2v) is 7.69. The van der Waals surface area contributed by atoms with E-state index in [1.54, 1.807) is 0 Å². The number of unbranched alkanes of at least 4 members (excludes halogenated alkanes) is 2. The fourth-order valence-corrected chi connectivity index (χ4v) is 4.03. The van der Waals surface area contributed by atoms with Crippen molar-refractivity contribution in [1.82, 2.24) is 4.90 Å². The molecule has 0 amide bonds. The molecule has 3 heteroatoms. The van der Waals surface area contributed by atoms with Gasteiger partial charge in [-0.3, -0.25) is 9.69 Å². The monoisotopic (exact) mass is 359 g/mol. The van der Waals surface area contributed by atoms with Crippen LogP contribution in [0.1, 0.15) is 77.2 Å². The molecule has 2 rings (SSSR count). The van der Waals surface area contributed by atoms with E-state index in [9.17, 15) is 4.79 Å². The fraction of sp³-hybridized carbons (Fsp3) is 0.696. The summed E-state index contributed by atoms with van der Waals surface area (Å²) in [6, 6.07) is 10.3. The van der Waals surface area contributed by atoms with Crippen molar-refractivity contribution in [3.8, 4) is 0 Å². The van der Waals surface area contributed by atoms with Crippen LogP contribution < -0.4 is 0 Å². The summed E-state index contributed by atoms with van der Waals surface area (Å²) in [6.07, 6.45) is 10.1. The van der Waals surface area contributed by atoms with Crippen LogP contribution in [0.15, 0.2) is 30.3 Å². The summed E-state index contributed by atoms with van der Waals surface area (Å²) in [5.41, 5.74) is 0.718. The maximum absolute atomic E-state index is 13.1. The van der Waals surface area contributed by atoms with E-state index in [4.69, 9.17) is 4.74 Å². The summed E-state index contributed by atoms with van der Waals surface area (Å²) in [7, 11) is 0. The van der Waals surface area contributed by atoms with E-state index in [2.05, 4.69) is 30.9 Å². The lowest BCUT2D eigenvalue weighted by Crippen LogP contribution is -2.40. The lowest BCUT2D eigenvalue weighted by Gasteiger charge is -2.35. The average Bonchev–Trinajstić information content (AvgIpc) is 2.70. The molecule has 0 N–H and O–H groups in total. The second-order valence-electron chi connectivity index (χ2n) is 7.69. The number of carbonyl (C=O) groups excluding carboxylic acids is 1. The molecule has 0 unspecified atom stereocenters. The second kappa shape index (κ2) is 11.4. The van der Waals surface area contributed by atoms with Gasteiger partial charge in [0.05, 0.1) is 5.41 Å². The first-order valence-corrected chi connectivity index (χ1v) is 10.7. The first-order valence-electron chi connectivity index (χ1n) is 10.7. The number of hydrogen-bond donors (Lipinski definition) is 0. The summed E-state index contributed by atoms with van der Waals surface area (Å²) in [5, 5.41) is 0. The van der Waals surface area contributed by atoms with Crippen molar-refractivity contribution < 1.29 is 9.53 Å². The summed E-state index contributed by atoms with van der Waals surface area (Å²) in [5.74, 6) is -0.00525. The van der Waals surface area contributed by atoms with Crippen LogP contribution in [0.3, 0.4) is 0 Å². The third kappa shape index (κ3) is 5.84. The Morgan fingerprint density at radius 1 is 0.962 bits per heavy atom. The minimum absolute atomic E-state index is 0.00525. The van der Waals surface area contributed by atoms with Gasteiger partial charge >= 0.3 is 5.97 Å². The average molecular weight is 360 g/mol. The van der Waals surface area contributed by atoms with Crippen LogP contribution >= 0.6 is 0 Å². The molecule has 26 heavy (non-hydrogen) atoms. The number of nitrogens with zero attached hydrogens (tertiary/aromatic N) is 1. The van der Waals surface area contributed by atoms with Gasteiger partial charge in [-0.1, -0.05) is 76.3 Å². The molecule has 146 valence electrons. The SMILES string of the molecule is CCCCN(CCCC)CCOC(=O)C1(c2ccccc2)CCCCC1. The van der Waals surface area contributed by atoms with E-state index >= 15 is 0 Å². The Kier molecular flexibility index (Phi) is 9.17. The molecule has 0 saturated heterocycles. The molecule has 3 nitrogen and oxygen atoms in total. The van der Waals surface area contributed by atoms with Crippen LogP contribution in [0.5, 0.6) is 0 Å². The number of esters is 1. The number of carbonyl (C=O) groups is 1. The smallest absolute Gasteiger partial charge is 0.316 e. The molecule has 1 aromatic carbocycles. The van der Waals surface area contributed by atoms with E-state index in [0.717, 1.165) is 50.9 Å². The van der Waals surface area contributed by atoms with Gasteiger partial charge in [-0.2, -0.15) is 0 Å². The van der Waals surface area contributed by atoms with Gasteiger partial charge in [0.2, 0.25) is 0 Å². The van der Waals surface area contributed by atoms with Crippen LogP contribution in [0, 0.1) is 0 Å². The third-order valence-electron chi connectivity index (χ3n) is 5.72. The Hall–Kier alpha value is -1.35. The van der Waals surface area contributed by atoms with Gasteiger partial charge < -0.3 is 4.74 Å². The Bertz CT molecular complexity index is 500. The van der Waals surface area contributed by atoms with E-state index in [1.807, 2.05) is 18.2 Å². The number of hydrogen-bond acceptors (Lipinski definition) is 3. The van der Waals surface area contributed by atoms with E-state index in [0.29, 0.717) is 6.61 Å². The fourth-order valence-electron chi connectivity index (χ4n) is 4.03. The first-order chi connectivity index (χ1) is 12.7. The molecule has 1 aromatic rings. The van der Waals surface area contributed by atoms with Crippen LogP contribution in [0.25, 0.3) is 0 Å². The normalized spacial score (nSPS) is 16.6. The van der Waals surface area contributed by atoms with Gasteiger partial charge in [-0.15, -0.1) is 0 Å². The largest absolute Gasteiger partial charge is 0.464 e. The predicted molar refractivity (Wildman–Crippen MR) is 108 cm³/mol. The maximum atomic E-state index is 13.1. The molecule has 0 atom stereocenters. The topological polar surface area (TPSA) is 29.5 Å². The third-order valence-corrected chi connectivity index (χ3v) is 5.72. The van der Waals surface area contributed by atoms with Gasteiger partial charge in [-0.05, 0) is 44.3 Å². The number of rotatable bonds is 11. The summed E-state index contributed by atoms with van der Waals surface area (Å²) in [6.45, 7) is 8.04.